The summed E-state index contributed by atoms with van der Waals surface area (Å²) in [6.07, 6.45) is 21.5. The predicted octanol–water partition coefficient (Wildman–Crippen LogP) is 6.39. The minimum Gasteiger partial charge on any atom is -0.456 e. The van der Waals surface area contributed by atoms with Crippen LogP contribution in [-0.4, -0.2) is 49.7 Å². The molecule has 0 spiro atoms. The highest BCUT2D eigenvalue weighted by Crippen LogP contribution is 2.32. The van der Waals surface area contributed by atoms with Crippen molar-refractivity contribution in [1.82, 2.24) is 0 Å². The summed E-state index contributed by atoms with van der Waals surface area (Å²) in [5.74, 6) is -0.230. The molecule has 0 aromatic carbocycles. The van der Waals surface area contributed by atoms with Gasteiger partial charge in [-0.3, -0.25) is 4.79 Å². The molecule has 0 saturated carbocycles. The van der Waals surface area contributed by atoms with E-state index in [-0.39, 0.29) is 30.7 Å². The molecule has 3 aliphatic heterocycles. The minimum absolute atomic E-state index is 0.109. The van der Waals surface area contributed by atoms with E-state index in [2.05, 4.69) is 32.9 Å². The molecule has 0 amide bonds. The number of ether oxygens (including phenoxy) is 4. The van der Waals surface area contributed by atoms with Crippen molar-refractivity contribution in [2.24, 2.45) is 0 Å². The zero-order valence-corrected chi connectivity index (χ0v) is 21.4. The van der Waals surface area contributed by atoms with E-state index in [9.17, 15) is 4.79 Å². The van der Waals surface area contributed by atoms with Gasteiger partial charge in [0.05, 0.1) is 37.4 Å². The van der Waals surface area contributed by atoms with E-state index in [1.54, 1.807) is 0 Å². The third kappa shape index (κ3) is 9.52. The van der Waals surface area contributed by atoms with Gasteiger partial charge in [0.15, 0.2) is 0 Å². The second-order valence-corrected chi connectivity index (χ2v) is 9.87. The molecule has 0 radical (unpaired) electrons. The van der Waals surface area contributed by atoms with Crippen molar-refractivity contribution in [3.63, 3.8) is 0 Å². The van der Waals surface area contributed by atoms with Gasteiger partial charge in [0.25, 0.3) is 0 Å². The molecular formula is C29H44O5. The first-order valence-corrected chi connectivity index (χ1v) is 13.3. The number of hydrogen-bond donors (Lipinski definition) is 0. The summed E-state index contributed by atoms with van der Waals surface area (Å²) >= 11 is 0. The molecule has 3 rings (SSSR count). The summed E-state index contributed by atoms with van der Waals surface area (Å²) < 4.78 is 24.5. The van der Waals surface area contributed by atoms with Crippen molar-refractivity contribution in [3.05, 3.63) is 47.6 Å². The summed E-state index contributed by atoms with van der Waals surface area (Å²) in [6.45, 7) is 7.35. The molecule has 3 heterocycles. The van der Waals surface area contributed by atoms with Gasteiger partial charge in [0.2, 0.25) is 0 Å². The van der Waals surface area contributed by atoms with Crippen LogP contribution < -0.4 is 0 Å². The van der Waals surface area contributed by atoms with E-state index in [1.807, 2.05) is 24.3 Å². The summed E-state index contributed by atoms with van der Waals surface area (Å²) in [4.78, 5) is 12.8. The topological polar surface area (TPSA) is 54.0 Å². The number of rotatable bonds is 4. The van der Waals surface area contributed by atoms with E-state index >= 15 is 0 Å². The zero-order chi connectivity index (χ0) is 24.2. The van der Waals surface area contributed by atoms with Crippen molar-refractivity contribution in [2.45, 2.75) is 115 Å². The molecule has 0 aliphatic carbocycles. The van der Waals surface area contributed by atoms with Crippen LogP contribution in [0.1, 0.15) is 85.0 Å². The largest absolute Gasteiger partial charge is 0.456 e. The number of carbonyl (C=O) groups is 1. The first-order valence-electron chi connectivity index (χ1n) is 13.3. The van der Waals surface area contributed by atoms with Crippen molar-refractivity contribution in [1.29, 1.82) is 0 Å². The molecule has 4 bridgehead atoms. The Morgan fingerprint density at radius 1 is 0.941 bits per heavy atom. The SMILES string of the molecule is C/C=C1\CC2CC(=O)OC(/C=C/C=C\C=C(/C)CC)COCCCC3CCCC(CC(C1)O2)O3. The molecule has 5 atom stereocenters. The standard InChI is InChI=1S/C29H44O5/c1-4-22(3)11-7-6-8-12-26-21-31-16-10-15-24-13-9-14-25(32-24)19-27-17-23(5-2)18-28(33-27)20-29(30)34-26/h5-8,11-12,24-28H,4,9-10,13-21H2,1-3H3/b7-6-,12-8+,22-11+,23-5-. The monoisotopic (exact) mass is 472 g/mol. The number of esters is 1. The Bertz CT molecular complexity index is 750. The maximum absolute atomic E-state index is 12.8. The second-order valence-electron chi connectivity index (χ2n) is 9.87. The van der Waals surface area contributed by atoms with Crippen LogP contribution >= 0.6 is 0 Å². The summed E-state index contributed by atoms with van der Waals surface area (Å²) in [7, 11) is 0. The van der Waals surface area contributed by atoms with Crippen molar-refractivity contribution in [3.8, 4) is 0 Å². The normalized spacial score (nSPS) is 34.0. The molecule has 34 heavy (non-hydrogen) atoms. The lowest BCUT2D eigenvalue weighted by atomic mass is 9.91. The van der Waals surface area contributed by atoms with Crippen LogP contribution in [0.25, 0.3) is 0 Å². The second kappa shape index (κ2) is 14.7. The van der Waals surface area contributed by atoms with Gasteiger partial charge < -0.3 is 18.9 Å². The number of carbonyl (C=O) groups excluding carboxylic acids is 1. The van der Waals surface area contributed by atoms with Crippen molar-refractivity contribution < 1.29 is 23.7 Å². The third-order valence-electron chi connectivity index (χ3n) is 7.00. The third-order valence-corrected chi connectivity index (χ3v) is 7.00. The van der Waals surface area contributed by atoms with Crippen molar-refractivity contribution >= 4 is 5.97 Å². The number of allylic oxidation sites excluding steroid dienone is 6. The number of fused-ring (bicyclic) bond motifs is 4. The lowest BCUT2D eigenvalue weighted by molar-refractivity contribution is -0.156. The Labute approximate surface area is 206 Å². The molecule has 5 heteroatoms. The van der Waals surface area contributed by atoms with Crippen LogP contribution in [0.4, 0.5) is 0 Å². The molecule has 0 aromatic heterocycles. The summed E-state index contributed by atoms with van der Waals surface area (Å²) in [5, 5.41) is 0. The van der Waals surface area contributed by atoms with E-state index in [0.717, 1.165) is 51.4 Å². The van der Waals surface area contributed by atoms with Crippen LogP contribution in [-0.2, 0) is 23.7 Å². The first-order chi connectivity index (χ1) is 16.6. The fourth-order valence-corrected chi connectivity index (χ4v) is 4.93. The Hall–Kier alpha value is -1.69. The quantitative estimate of drug-likeness (QED) is 0.270. The van der Waals surface area contributed by atoms with Gasteiger partial charge >= 0.3 is 5.97 Å². The van der Waals surface area contributed by atoms with E-state index in [0.29, 0.717) is 19.3 Å². The Balaban J connectivity index is 1.66. The molecule has 3 fully saturated rings. The fourth-order valence-electron chi connectivity index (χ4n) is 4.93. The van der Waals surface area contributed by atoms with Gasteiger partial charge in [-0.15, -0.1) is 0 Å². The highest BCUT2D eigenvalue weighted by Gasteiger charge is 2.32. The Morgan fingerprint density at radius 2 is 1.71 bits per heavy atom. The molecule has 5 nitrogen and oxygen atoms in total. The zero-order valence-electron chi connectivity index (χ0n) is 21.4. The summed E-state index contributed by atoms with van der Waals surface area (Å²) in [6, 6.07) is 0. The minimum atomic E-state index is -0.405. The first kappa shape index (κ1) is 26.9. The molecule has 5 unspecified atom stereocenters. The van der Waals surface area contributed by atoms with E-state index < -0.39 is 6.10 Å². The molecule has 3 aliphatic rings. The Morgan fingerprint density at radius 3 is 2.53 bits per heavy atom. The predicted molar refractivity (Wildman–Crippen MR) is 136 cm³/mol. The van der Waals surface area contributed by atoms with Gasteiger partial charge in [-0.1, -0.05) is 48.5 Å². The number of cyclic esters (lactones) is 1. The molecule has 190 valence electrons. The van der Waals surface area contributed by atoms with E-state index in [4.69, 9.17) is 18.9 Å². The molecule has 0 N–H and O–H groups in total. The van der Waals surface area contributed by atoms with E-state index in [1.165, 1.54) is 17.6 Å². The van der Waals surface area contributed by atoms with Crippen LogP contribution in [0.15, 0.2) is 47.6 Å². The van der Waals surface area contributed by atoms with Gasteiger partial charge in [-0.05, 0) is 71.3 Å². The average Bonchev–Trinajstić information content (AvgIpc) is 2.82. The highest BCUT2D eigenvalue weighted by atomic mass is 16.6. The lowest BCUT2D eigenvalue weighted by Crippen LogP contribution is -2.37. The fraction of sp³-hybridized carbons (Fsp3) is 0.690. The maximum Gasteiger partial charge on any atom is 0.309 e. The van der Waals surface area contributed by atoms with Gasteiger partial charge in [-0.25, -0.2) is 0 Å². The molecular weight excluding hydrogens is 428 g/mol. The summed E-state index contributed by atoms with van der Waals surface area (Å²) in [5.41, 5.74) is 2.69. The Kier molecular flexibility index (Phi) is 11.6. The van der Waals surface area contributed by atoms with Gasteiger partial charge in [0, 0.05) is 13.0 Å². The van der Waals surface area contributed by atoms with Crippen LogP contribution in [0.2, 0.25) is 0 Å². The van der Waals surface area contributed by atoms with Gasteiger partial charge in [-0.2, -0.15) is 0 Å². The average molecular weight is 473 g/mol. The lowest BCUT2D eigenvalue weighted by Gasteiger charge is -2.36. The van der Waals surface area contributed by atoms with Crippen molar-refractivity contribution in [2.75, 3.05) is 13.2 Å². The highest BCUT2D eigenvalue weighted by molar-refractivity contribution is 5.70. The molecule has 3 saturated heterocycles. The van der Waals surface area contributed by atoms with Crippen LogP contribution in [0.3, 0.4) is 0 Å². The number of hydrogen-bond acceptors (Lipinski definition) is 5. The van der Waals surface area contributed by atoms with Crippen LogP contribution in [0.5, 0.6) is 0 Å². The van der Waals surface area contributed by atoms with Crippen LogP contribution in [0, 0.1) is 0 Å². The van der Waals surface area contributed by atoms with Gasteiger partial charge in [0.1, 0.15) is 6.10 Å². The molecule has 0 aromatic rings. The smallest absolute Gasteiger partial charge is 0.309 e. The maximum atomic E-state index is 12.8.